The van der Waals surface area contributed by atoms with Crippen molar-refractivity contribution in [1.82, 2.24) is 19.9 Å². The third-order valence-corrected chi connectivity index (χ3v) is 9.04. The lowest BCUT2D eigenvalue weighted by molar-refractivity contribution is 0.667. The number of nitrogens with zero attached hydrogens (tertiary/aromatic N) is 4. The minimum atomic E-state index is 0.595. The van der Waals surface area contributed by atoms with E-state index in [1.54, 1.807) is 6.20 Å². The Morgan fingerprint density at radius 1 is 0.396 bits per heavy atom. The molecule has 0 aliphatic heterocycles. The maximum atomic E-state index is 6.21. The van der Waals surface area contributed by atoms with Crippen molar-refractivity contribution in [3.63, 3.8) is 0 Å². The van der Waals surface area contributed by atoms with Crippen LogP contribution in [0.3, 0.4) is 0 Å². The van der Waals surface area contributed by atoms with Gasteiger partial charge in [0.25, 0.3) is 0 Å². The Labute approximate surface area is 274 Å². The molecule has 0 aliphatic carbocycles. The molecular formula is C42H24N4O2. The van der Waals surface area contributed by atoms with Gasteiger partial charge in [0.1, 0.15) is 16.7 Å². The lowest BCUT2D eigenvalue weighted by atomic mass is 9.95. The molecular weight excluding hydrogens is 592 g/mol. The molecule has 0 atom stereocenters. The van der Waals surface area contributed by atoms with Crippen LogP contribution in [0.15, 0.2) is 155 Å². The molecule has 6 aromatic carbocycles. The van der Waals surface area contributed by atoms with E-state index in [0.717, 1.165) is 82.5 Å². The summed E-state index contributed by atoms with van der Waals surface area (Å²) >= 11 is 0. The smallest absolute Gasteiger partial charge is 0.164 e. The molecule has 0 spiro atoms. The second-order valence-electron chi connectivity index (χ2n) is 11.8. The lowest BCUT2D eigenvalue weighted by Gasteiger charge is -2.12. The summed E-state index contributed by atoms with van der Waals surface area (Å²) in [4.78, 5) is 19.5. The average Bonchev–Trinajstić information content (AvgIpc) is 3.73. The van der Waals surface area contributed by atoms with E-state index in [4.69, 9.17) is 23.8 Å². The highest BCUT2D eigenvalue weighted by Gasteiger charge is 2.19. The summed E-state index contributed by atoms with van der Waals surface area (Å²) in [5.41, 5.74) is 8.22. The van der Waals surface area contributed by atoms with Crippen LogP contribution in [0.1, 0.15) is 0 Å². The van der Waals surface area contributed by atoms with Gasteiger partial charge in [-0.15, -0.1) is 0 Å². The van der Waals surface area contributed by atoms with Crippen LogP contribution in [-0.2, 0) is 0 Å². The van der Waals surface area contributed by atoms with Gasteiger partial charge in [-0.2, -0.15) is 0 Å². The normalized spacial score (nSPS) is 11.8. The zero-order chi connectivity index (χ0) is 31.6. The molecule has 0 fully saturated rings. The SMILES string of the molecule is c1ccc(-c2nc(-c3cccc4cc(-c5cccc6oc7cnccc7c56)ccc34)nc(-c3cccc4oc5ccccc5c34)n2)cc1. The standard InChI is InChI=1S/C42H24N4O2/c1-2-9-25(10-3-1)40-44-41(46-42(45-40)33-15-8-18-36-39(33)31-12-4-5-16-34(31)47-36)30-14-6-11-26-23-27(19-20-28(26)30)29-13-7-17-35-38(29)32-21-22-43-24-37(32)48-35/h1-24H. The topological polar surface area (TPSA) is 77.8 Å². The predicted octanol–water partition coefficient (Wildman–Crippen LogP) is 10.9. The number of aromatic nitrogens is 4. The molecule has 4 aromatic heterocycles. The molecule has 10 rings (SSSR count). The van der Waals surface area contributed by atoms with Crippen LogP contribution < -0.4 is 0 Å². The highest BCUT2D eigenvalue weighted by molar-refractivity contribution is 6.13. The monoisotopic (exact) mass is 616 g/mol. The fraction of sp³-hybridized carbons (Fsp3) is 0. The molecule has 0 radical (unpaired) electrons. The van der Waals surface area contributed by atoms with Crippen LogP contribution in [0.2, 0.25) is 0 Å². The van der Waals surface area contributed by atoms with E-state index in [2.05, 4.69) is 59.6 Å². The fourth-order valence-electron chi connectivity index (χ4n) is 6.86. The number of para-hydroxylation sites is 1. The van der Waals surface area contributed by atoms with E-state index in [0.29, 0.717) is 17.5 Å². The number of fused-ring (bicyclic) bond motifs is 7. The van der Waals surface area contributed by atoms with Gasteiger partial charge in [0.15, 0.2) is 23.1 Å². The number of furan rings is 2. The summed E-state index contributed by atoms with van der Waals surface area (Å²) in [5.74, 6) is 1.82. The molecule has 0 aliphatic rings. The number of pyridine rings is 1. The van der Waals surface area contributed by atoms with Gasteiger partial charge in [-0.05, 0) is 52.2 Å². The first-order valence-corrected chi connectivity index (χ1v) is 15.8. The van der Waals surface area contributed by atoms with Crippen molar-refractivity contribution in [2.75, 3.05) is 0 Å². The van der Waals surface area contributed by atoms with E-state index in [1.165, 1.54) is 0 Å². The Kier molecular flexibility index (Phi) is 5.77. The summed E-state index contributed by atoms with van der Waals surface area (Å²) in [7, 11) is 0. The average molecular weight is 617 g/mol. The number of rotatable bonds is 4. The zero-order valence-corrected chi connectivity index (χ0v) is 25.5. The molecule has 6 heteroatoms. The highest BCUT2D eigenvalue weighted by atomic mass is 16.3. The van der Waals surface area contributed by atoms with Crippen LogP contribution in [-0.4, -0.2) is 19.9 Å². The maximum absolute atomic E-state index is 6.21. The third-order valence-electron chi connectivity index (χ3n) is 9.04. The van der Waals surface area contributed by atoms with Crippen molar-refractivity contribution in [2.45, 2.75) is 0 Å². The van der Waals surface area contributed by atoms with Crippen molar-refractivity contribution in [3.05, 3.63) is 146 Å². The maximum Gasteiger partial charge on any atom is 0.164 e. The van der Waals surface area contributed by atoms with Gasteiger partial charge in [-0.1, -0.05) is 103 Å². The third kappa shape index (κ3) is 4.13. The van der Waals surface area contributed by atoms with Crippen LogP contribution in [0, 0.1) is 0 Å². The summed E-state index contributed by atoms with van der Waals surface area (Å²) in [5, 5.41) is 6.29. The largest absolute Gasteiger partial charge is 0.456 e. The van der Waals surface area contributed by atoms with E-state index in [-0.39, 0.29) is 0 Å². The van der Waals surface area contributed by atoms with E-state index in [9.17, 15) is 0 Å². The Hall–Kier alpha value is -6.66. The summed E-state index contributed by atoms with van der Waals surface area (Å²) in [6.45, 7) is 0. The second kappa shape index (κ2) is 10.4. The number of hydrogen-bond acceptors (Lipinski definition) is 6. The minimum absolute atomic E-state index is 0.595. The van der Waals surface area contributed by atoms with Gasteiger partial charge in [-0.3, -0.25) is 4.98 Å². The molecule has 4 heterocycles. The highest BCUT2D eigenvalue weighted by Crippen LogP contribution is 2.40. The Morgan fingerprint density at radius 2 is 1.04 bits per heavy atom. The first-order valence-electron chi connectivity index (χ1n) is 15.8. The molecule has 0 saturated carbocycles. The number of hydrogen-bond donors (Lipinski definition) is 0. The van der Waals surface area contributed by atoms with Gasteiger partial charge in [0.05, 0.1) is 6.20 Å². The lowest BCUT2D eigenvalue weighted by Crippen LogP contribution is -2.00. The first kappa shape index (κ1) is 26.5. The summed E-state index contributed by atoms with van der Waals surface area (Å²) in [6, 6.07) is 45.2. The molecule has 48 heavy (non-hydrogen) atoms. The molecule has 6 nitrogen and oxygen atoms in total. The molecule has 0 unspecified atom stereocenters. The van der Waals surface area contributed by atoms with Crippen molar-refractivity contribution in [1.29, 1.82) is 0 Å². The van der Waals surface area contributed by atoms with Crippen molar-refractivity contribution >= 4 is 54.6 Å². The molecule has 0 N–H and O–H groups in total. The molecule has 0 saturated heterocycles. The Balaban J connectivity index is 1.18. The van der Waals surface area contributed by atoms with E-state index in [1.807, 2.05) is 85.1 Å². The van der Waals surface area contributed by atoms with Crippen LogP contribution in [0.4, 0.5) is 0 Å². The predicted molar refractivity (Wildman–Crippen MR) is 191 cm³/mol. The zero-order valence-electron chi connectivity index (χ0n) is 25.5. The van der Waals surface area contributed by atoms with Gasteiger partial charge < -0.3 is 8.83 Å². The van der Waals surface area contributed by atoms with Crippen molar-refractivity contribution < 1.29 is 8.83 Å². The Morgan fingerprint density at radius 3 is 1.92 bits per heavy atom. The quantitative estimate of drug-likeness (QED) is 0.196. The van der Waals surface area contributed by atoms with Gasteiger partial charge >= 0.3 is 0 Å². The molecule has 0 bridgehead atoms. The second-order valence-corrected chi connectivity index (χ2v) is 11.8. The van der Waals surface area contributed by atoms with Crippen molar-refractivity contribution in [3.8, 4) is 45.3 Å². The van der Waals surface area contributed by atoms with E-state index >= 15 is 0 Å². The molecule has 0 amide bonds. The van der Waals surface area contributed by atoms with Gasteiger partial charge in [0.2, 0.25) is 0 Å². The fourth-order valence-corrected chi connectivity index (χ4v) is 6.86. The molecule has 224 valence electrons. The van der Waals surface area contributed by atoms with E-state index < -0.39 is 0 Å². The summed E-state index contributed by atoms with van der Waals surface area (Å²) < 4.78 is 12.3. The van der Waals surface area contributed by atoms with Crippen molar-refractivity contribution in [2.24, 2.45) is 0 Å². The minimum Gasteiger partial charge on any atom is -0.456 e. The first-order chi connectivity index (χ1) is 23.8. The number of benzene rings is 6. The van der Waals surface area contributed by atoms with Crippen LogP contribution in [0.25, 0.3) is 99.9 Å². The van der Waals surface area contributed by atoms with Crippen LogP contribution >= 0.6 is 0 Å². The van der Waals surface area contributed by atoms with Crippen LogP contribution in [0.5, 0.6) is 0 Å². The summed E-state index contributed by atoms with van der Waals surface area (Å²) in [6.07, 6.45) is 3.58. The van der Waals surface area contributed by atoms with Gasteiger partial charge in [0, 0.05) is 44.4 Å². The molecule has 10 aromatic rings. The Bertz CT molecular complexity index is 2850. The van der Waals surface area contributed by atoms with Gasteiger partial charge in [-0.25, -0.2) is 15.0 Å².